The van der Waals surface area contributed by atoms with E-state index < -0.39 is 0 Å². The second-order valence-electron chi connectivity index (χ2n) is 5.65. The molecule has 1 aromatic rings. The SMILES string of the molecule is CCCNC(=O)CCNc1nccn(C(C)(C)C)c1=O. The van der Waals surface area contributed by atoms with Gasteiger partial charge in [-0.3, -0.25) is 9.59 Å². The Labute approximate surface area is 119 Å². The predicted molar refractivity (Wildman–Crippen MR) is 79.9 cm³/mol. The highest BCUT2D eigenvalue weighted by atomic mass is 16.1. The molecule has 0 aliphatic heterocycles. The molecule has 1 amide bonds. The average molecular weight is 280 g/mol. The summed E-state index contributed by atoms with van der Waals surface area (Å²) >= 11 is 0. The molecule has 0 aliphatic carbocycles. The van der Waals surface area contributed by atoms with Gasteiger partial charge in [-0.2, -0.15) is 0 Å². The molecule has 0 aromatic carbocycles. The van der Waals surface area contributed by atoms with E-state index in [1.165, 1.54) is 0 Å². The molecule has 0 spiro atoms. The topological polar surface area (TPSA) is 76.0 Å². The van der Waals surface area contributed by atoms with Gasteiger partial charge in [0, 0.05) is 37.4 Å². The van der Waals surface area contributed by atoms with Crippen LogP contribution in [0.4, 0.5) is 5.82 Å². The molecule has 0 saturated heterocycles. The summed E-state index contributed by atoms with van der Waals surface area (Å²) in [5.74, 6) is 0.261. The molecule has 0 radical (unpaired) electrons. The van der Waals surface area contributed by atoms with Gasteiger partial charge in [-0.15, -0.1) is 0 Å². The molecule has 0 saturated carbocycles. The Hall–Kier alpha value is -1.85. The van der Waals surface area contributed by atoms with Crippen molar-refractivity contribution < 1.29 is 4.79 Å². The first-order chi connectivity index (χ1) is 9.36. The third-order valence-electron chi connectivity index (χ3n) is 2.78. The lowest BCUT2D eigenvalue weighted by molar-refractivity contribution is -0.120. The number of hydrogen-bond acceptors (Lipinski definition) is 4. The van der Waals surface area contributed by atoms with Gasteiger partial charge in [0.1, 0.15) is 0 Å². The maximum Gasteiger partial charge on any atom is 0.293 e. The summed E-state index contributed by atoms with van der Waals surface area (Å²) in [5, 5.41) is 5.71. The molecule has 0 fully saturated rings. The highest BCUT2D eigenvalue weighted by Gasteiger charge is 2.16. The summed E-state index contributed by atoms with van der Waals surface area (Å²) < 4.78 is 1.62. The molecular weight excluding hydrogens is 256 g/mol. The molecule has 112 valence electrons. The second kappa shape index (κ2) is 7.07. The largest absolute Gasteiger partial charge is 0.365 e. The number of anilines is 1. The van der Waals surface area contributed by atoms with Crippen LogP contribution in [0.15, 0.2) is 17.2 Å². The van der Waals surface area contributed by atoms with E-state index in [0.717, 1.165) is 6.42 Å². The van der Waals surface area contributed by atoms with Gasteiger partial charge in [-0.1, -0.05) is 6.92 Å². The molecule has 0 aliphatic rings. The van der Waals surface area contributed by atoms with Gasteiger partial charge in [0.05, 0.1) is 0 Å². The average Bonchev–Trinajstić information content (AvgIpc) is 2.37. The number of rotatable bonds is 6. The van der Waals surface area contributed by atoms with E-state index in [4.69, 9.17) is 0 Å². The lowest BCUT2D eigenvalue weighted by Gasteiger charge is -2.22. The van der Waals surface area contributed by atoms with Crippen molar-refractivity contribution in [3.63, 3.8) is 0 Å². The Morgan fingerprint density at radius 2 is 2.05 bits per heavy atom. The Bertz CT molecular complexity index is 503. The van der Waals surface area contributed by atoms with E-state index >= 15 is 0 Å². The fourth-order valence-corrected chi connectivity index (χ4v) is 1.71. The van der Waals surface area contributed by atoms with Crippen LogP contribution in [-0.2, 0) is 10.3 Å². The minimum absolute atomic E-state index is 0.0218. The van der Waals surface area contributed by atoms with Crippen molar-refractivity contribution in [2.75, 3.05) is 18.4 Å². The Morgan fingerprint density at radius 3 is 2.65 bits per heavy atom. The van der Waals surface area contributed by atoms with Gasteiger partial charge in [-0.25, -0.2) is 4.98 Å². The molecule has 1 aromatic heterocycles. The normalized spacial score (nSPS) is 11.2. The first-order valence-corrected chi connectivity index (χ1v) is 6.95. The zero-order chi connectivity index (χ0) is 15.2. The van der Waals surface area contributed by atoms with Gasteiger partial charge in [0.15, 0.2) is 5.82 Å². The molecular formula is C14H24N4O2. The zero-order valence-corrected chi connectivity index (χ0v) is 12.7. The van der Waals surface area contributed by atoms with E-state index in [1.807, 2.05) is 27.7 Å². The van der Waals surface area contributed by atoms with Crippen LogP contribution in [0.3, 0.4) is 0 Å². The van der Waals surface area contributed by atoms with Crippen molar-refractivity contribution >= 4 is 11.7 Å². The number of nitrogens with zero attached hydrogens (tertiary/aromatic N) is 2. The molecule has 0 bridgehead atoms. The van der Waals surface area contributed by atoms with E-state index in [0.29, 0.717) is 19.5 Å². The van der Waals surface area contributed by atoms with Crippen molar-refractivity contribution in [2.24, 2.45) is 0 Å². The fraction of sp³-hybridized carbons (Fsp3) is 0.643. The van der Waals surface area contributed by atoms with E-state index in [2.05, 4.69) is 15.6 Å². The first kappa shape index (κ1) is 16.2. The lowest BCUT2D eigenvalue weighted by atomic mass is 10.1. The highest BCUT2D eigenvalue weighted by Crippen LogP contribution is 2.10. The van der Waals surface area contributed by atoms with Crippen LogP contribution < -0.4 is 16.2 Å². The quantitative estimate of drug-likeness (QED) is 0.824. The number of carbonyl (C=O) groups excluding carboxylic acids is 1. The van der Waals surface area contributed by atoms with Gasteiger partial charge < -0.3 is 15.2 Å². The van der Waals surface area contributed by atoms with Crippen LogP contribution in [-0.4, -0.2) is 28.5 Å². The summed E-state index contributed by atoms with van der Waals surface area (Å²) in [7, 11) is 0. The molecule has 6 heteroatoms. The fourth-order valence-electron chi connectivity index (χ4n) is 1.71. The van der Waals surface area contributed by atoms with Gasteiger partial charge in [-0.05, 0) is 27.2 Å². The second-order valence-corrected chi connectivity index (χ2v) is 5.65. The van der Waals surface area contributed by atoms with Gasteiger partial charge in [0.2, 0.25) is 5.91 Å². The Balaban J connectivity index is 2.62. The minimum Gasteiger partial charge on any atom is -0.365 e. The van der Waals surface area contributed by atoms with Crippen LogP contribution in [0.2, 0.25) is 0 Å². The van der Waals surface area contributed by atoms with Crippen molar-refractivity contribution in [3.8, 4) is 0 Å². The van der Waals surface area contributed by atoms with Crippen LogP contribution >= 0.6 is 0 Å². The summed E-state index contributed by atoms with van der Waals surface area (Å²) in [6.45, 7) is 8.94. The molecule has 1 rings (SSSR count). The number of amides is 1. The summed E-state index contributed by atoms with van der Waals surface area (Å²) in [4.78, 5) is 27.7. The highest BCUT2D eigenvalue weighted by molar-refractivity contribution is 5.76. The van der Waals surface area contributed by atoms with Crippen molar-refractivity contribution in [3.05, 3.63) is 22.7 Å². The molecule has 0 unspecified atom stereocenters. The molecule has 1 heterocycles. The predicted octanol–water partition coefficient (Wildman–Crippen LogP) is 1.33. The van der Waals surface area contributed by atoms with Crippen molar-refractivity contribution in [1.82, 2.24) is 14.9 Å². The zero-order valence-electron chi connectivity index (χ0n) is 12.7. The number of hydrogen-bond donors (Lipinski definition) is 2. The van der Waals surface area contributed by atoms with Crippen LogP contribution in [0, 0.1) is 0 Å². The third kappa shape index (κ3) is 4.68. The molecule has 20 heavy (non-hydrogen) atoms. The van der Waals surface area contributed by atoms with Crippen molar-refractivity contribution in [2.45, 2.75) is 46.1 Å². The number of carbonyl (C=O) groups is 1. The monoisotopic (exact) mass is 280 g/mol. The van der Waals surface area contributed by atoms with Crippen LogP contribution in [0.25, 0.3) is 0 Å². The maximum atomic E-state index is 12.2. The van der Waals surface area contributed by atoms with Gasteiger partial charge >= 0.3 is 0 Å². The van der Waals surface area contributed by atoms with E-state index in [1.54, 1.807) is 17.0 Å². The van der Waals surface area contributed by atoms with E-state index in [9.17, 15) is 9.59 Å². The maximum absolute atomic E-state index is 12.2. The Morgan fingerprint density at radius 1 is 1.35 bits per heavy atom. The summed E-state index contributed by atoms with van der Waals surface area (Å²) in [5.41, 5.74) is -0.469. The molecule has 0 atom stereocenters. The first-order valence-electron chi connectivity index (χ1n) is 6.95. The van der Waals surface area contributed by atoms with Gasteiger partial charge in [0.25, 0.3) is 5.56 Å². The van der Waals surface area contributed by atoms with Crippen LogP contribution in [0.5, 0.6) is 0 Å². The number of nitrogens with one attached hydrogen (secondary N) is 2. The standard InChI is InChI=1S/C14H24N4O2/c1-5-7-15-11(19)6-8-16-12-13(20)18(10-9-17-12)14(2,3)4/h9-10H,5-8H2,1-4H3,(H,15,19)(H,16,17). The lowest BCUT2D eigenvalue weighted by Crippen LogP contribution is -2.35. The summed E-state index contributed by atoms with van der Waals surface area (Å²) in [6.07, 6.45) is 4.49. The Kier molecular flexibility index (Phi) is 5.73. The van der Waals surface area contributed by atoms with Crippen LogP contribution in [0.1, 0.15) is 40.5 Å². The summed E-state index contributed by atoms with van der Waals surface area (Å²) in [6, 6.07) is 0. The number of aromatic nitrogens is 2. The minimum atomic E-state index is -0.297. The van der Waals surface area contributed by atoms with Crippen molar-refractivity contribution in [1.29, 1.82) is 0 Å². The smallest absolute Gasteiger partial charge is 0.293 e. The third-order valence-corrected chi connectivity index (χ3v) is 2.78. The molecule has 2 N–H and O–H groups in total. The molecule has 6 nitrogen and oxygen atoms in total. The van der Waals surface area contributed by atoms with E-state index in [-0.39, 0.29) is 22.8 Å².